The Balaban J connectivity index is 0.000000679. The molecule has 5 aromatic rings. The molecule has 9 nitrogen and oxygen atoms in total. The molecule has 52 heavy (non-hydrogen) atoms. The number of urea groups is 1. The van der Waals surface area contributed by atoms with Crippen LogP contribution in [0.25, 0.3) is 21.3 Å². The minimum atomic E-state index is -5.08. The molecular formula is C39H43F3N6O3S. The third-order valence-electron chi connectivity index (χ3n) is 8.64. The molecule has 3 N–H and O–H groups in total. The minimum absolute atomic E-state index is 0.0921. The lowest BCUT2D eigenvalue weighted by Gasteiger charge is -2.33. The number of anilines is 1. The van der Waals surface area contributed by atoms with Gasteiger partial charge < -0.3 is 30.4 Å². The fourth-order valence-corrected chi connectivity index (χ4v) is 6.52. The molecular weight excluding hydrogens is 690 g/mol. The number of rotatable bonds is 12. The maximum atomic E-state index is 13.6. The van der Waals surface area contributed by atoms with Crippen molar-refractivity contribution in [3.8, 4) is 10.6 Å². The number of aromatic nitrogens is 1. The molecule has 0 spiro atoms. The van der Waals surface area contributed by atoms with Gasteiger partial charge in [-0.1, -0.05) is 84.9 Å². The monoisotopic (exact) mass is 732 g/mol. The average molecular weight is 733 g/mol. The van der Waals surface area contributed by atoms with Crippen molar-refractivity contribution in [1.29, 1.82) is 0 Å². The number of halogens is 3. The maximum Gasteiger partial charge on any atom is 0.490 e. The Morgan fingerprint density at radius 3 is 2.17 bits per heavy atom. The van der Waals surface area contributed by atoms with Crippen molar-refractivity contribution in [2.24, 2.45) is 0 Å². The first-order valence-corrected chi connectivity index (χ1v) is 18.0. The molecule has 2 heterocycles. The highest BCUT2D eigenvalue weighted by atomic mass is 32.1. The quantitative estimate of drug-likeness (QED) is 0.122. The number of carbonyl (C=O) groups excluding carboxylic acids is 1. The number of hydrogen-bond acceptors (Lipinski definition) is 7. The molecule has 6 rings (SSSR count). The number of hydrogen-bond donors (Lipinski definition) is 3. The van der Waals surface area contributed by atoms with Crippen LogP contribution in [0.5, 0.6) is 0 Å². The third-order valence-corrected chi connectivity index (χ3v) is 9.58. The van der Waals surface area contributed by atoms with E-state index in [1.54, 1.807) is 11.3 Å². The first kappa shape index (κ1) is 38.4. The van der Waals surface area contributed by atoms with E-state index < -0.39 is 12.1 Å². The van der Waals surface area contributed by atoms with Crippen LogP contribution in [0.1, 0.15) is 23.2 Å². The standard InChI is InChI=1S/C37H42N6OS.C2HF3O2/c1-41-20-22-42(23-21-41)18-7-19-43(37(44)40-34-17-16-31-10-5-6-11-33(31)24-34)27-35-28-45-36(39-35)32-14-12-30(13-15-32)26-38-25-29-8-3-2-4-9-29;3-2(4,5)1(6)7/h2-6,8-17,24,28,38H,7,18-23,25-27H2,1H3,(H,40,44);(H,6,7). The molecule has 2 amide bonds. The number of amides is 2. The number of piperazine rings is 1. The lowest BCUT2D eigenvalue weighted by atomic mass is 10.1. The molecule has 1 aliphatic heterocycles. The largest absolute Gasteiger partial charge is 0.490 e. The second kappa shape index (κ2) is 18.6. The van der Waals surface area contributed by atoms with Crippen molar-refractivity contribution in [2.75, 3.05) is 51.6 Å². The van der Waals surface area contributed by atoms with Gasteiger partial charge in [0, 0.05) is 62.4 Å². The number of carboxylic acid groups (broad SMARTS) is 1. The second-order valence-electron chi connectivity index (χ2n) is 12.6. The van der Waals surface area contributed by atoms with Gasteiger partial charge in [-0.3, -0.25) is 0 Å². The number of thiazole rings is 1. The second-order valence-corrected chi connectivity index (χ2v) is 13.5. The van der Waals surface area contributed by atoms with Gasteiger partial charge in [-0.2, -0.15) is 13.2 Å². The van der Waals surface area contributed by atoms with Gasteiger partial charge in [-0.25, -0.2) is 14.6 Å². The highest BCUT2D eigenvalue weighted by molar-refractivity contribution is 7.13. The molecule has 0 atom stereocenters. The van der Waals surface area contributed by atoms with E-state index in [1.807, 2.05) is 35.2 Å². The van der Waals surface area contributed by atoms with Crippen molar-refractivity contribution >= 4 is 39.8 Å². The molecule has 274 valence electrons. The van der Waals surface area contributed by atoms with Crippen LogP contribution in [0.2, 0.25) is 0 Å². The summed E-state index contributed by atoms with van der Waals surface area (Å²) in [7, 11) is 2.18. The lowest BCUT2D eigenvalue weighted by Crippen LogP contribution is -2.45. The average Bonchev–Trinajstić information content (AvgIpc) is 3.61. The summed E-state index contributed by atoms with van der Waals surface area (Å²) in [6.07, 6.45) is -4.16. The Hall–Kier alpha value is -4.82. The lowest BCUT2D eigenvalue weighted by molar-refractivity contribution is -0.192. The third kappa shape index (κ3) is 11.9. The number of nitrogens with one attached hydrogen (secondary N) is 2. The van der Waals surface area contributed by atoms with E-state index >= 15 is 0 Å². The van der Waals surface area contributed by atoms with Gasteiger partial charge in [0.15, 0.2) is 0 Å². The number of likely N-dealkylation sites (N-methyl/N-ethyl adjacent to an activating group) is 1. The summed E-state index contributed by atoms with van der Waals surface area (Å²) in [5.41, 5.74) is 5.34. The van der Waals surface area contributed by atoms with Gasteiger partial charge in [0.2, 0.25) is 0 Å². The van der Waals surface area contributed by atoms with Crippen molar-refractivity contribution in [3.05, 3.63) is 119 Å². The number of nitrogens with zero attached hydrogens (tertiary/aromatic N) is 4. The van der Waals surface area contributed by atoms with Crippen LogP contribution in [-0.4, -0.2) is 89.3 Å². The van der Waals surface area contributed by atoms with Crippen LogP contribution in [0, 0.1) is 0 Å². The van der Waals surface area contributed by atoms with Crippen LogP contribution >= 0.6 is 11.3 Å². The summed E-state index contributed by atoms with van der Waals surface area (Å²) in [5.74, 6) is -2.76. The molecule has 0 saturated carbocycles. The molecule has 1 fully saturated rings. The number of alkyl halides is 3. The fraction of sp³-hybridized carbons (Fsp3) is 0.308. The van der Waals surface area contributed by atoms with Gasteiger partial charge in [0.25, 0.3) is 0 Å². The normalized spacial score (nSPS) is 13.7. The Morgan fingerprint density at radius 1 is 0.865 bits per heavy atom. The van der Waals surface area contributed by atoms with E-state index in [1.165, 1.54) is 11.1 Å². The zero-order valence-corrected chi connectivity index (χ0v) is 29.8. The first-order valence-electron chi connectivity index (χ1n) is 17.1. The van der Waals surface area contributed by atoms with Gasteiger partial charge >= 0.3 is 18.2 Å². The molecule has 0 unspecified atom stereocenters. The van der Waals surface area contributed by atoms with Crippen molar-refractivity contribution in [1.82, 2.24) is 25.0 Å². The summed E-state index contributed by atoms with van der Waals surface area (Å²) in [5, 5.41) is 19.1. The number of fused-ring (bicyclic) bond motifs is 1. The number of carboxylic acids is 1. The molecule has 1 saturated heterocycles. The van der Waals surface area contributed by atoms with E-state index in [9.17, 15) is 18.0 Å². The minimum Gasteiger partial charge on any atom is -0.475 e. The van der Waals surface area contributed by atoms with Crippen molar-refractivity contribution in [2.45, 2.75) is 32.2 Å². The molecule has 0 aliphatic carbocycles. The first-order chi connectivity index (χ1) is 25.0. The summed E-state index contributed by atoms with van der Waals surface area (Å²) in [6, 6.07) is 33.3. The highest BCUT2D eigenvalue weighted by Crippen LogP contribution is 2.25. The zero-order chi connectivity index (χ0) is 36.9. The molecule has 0 radical (unpaired) electrons. The summed E-state index contributed by atoms with van der Waals surface area (Å²) >= 11 is 1.63. The maximum absolute atomic E-state index is 13.6. The van der Waals surface area contributed by atoms with Gasteiger partial charge in [-0.15, -0.1) is 11.3 Å². The SMILES string of the molecule is CN1CCN(CCCN(Cc2csc(-c3ccc(CNCc4ccccc4)cc3)n2)C(=O)Nc2ccc3ccccc3c2)CC1.O=C(O)C(F)(F)F. The van der Waals surface area contributed by atoms with E-state index in [4.69, 9.17) is 14.9 Å². The van der Waals surface area contributed by atoms with Crippen LogP contribution in [0.4, 0.5) is 23.7 Å². The van der Waals surface area contributed by atoms with Crippen molar-refractivity contribution < 1.29 is 27.9 Å². The predicted molar refractivity (Wildman–Crippen MR) is 200 cm³/mol. The summed E-state index contributed by atoms with van der Waals surface area (Å²) in [4.78, 5) is 34.3. The zero-order valence-electron chi connectivity index (χ0n) is 29.0. The van der Waals surface area contributed by atoms with Gasteiger partial charge in [0.1, 0.15) is 5.01 Å². The van der Waals surface area contributed by atoms with E-state index in [0.29, 0.717) is 13.1 Å². The Labute approximate surface area is 305 Å². The molecule has 1 aliphatic rings. The smallest absolute Gasteiger partial charge is 0.475 e. The Bertz CT molecular complexity index is 1880. The van der Waals surface area contributed by atoms with Crippen LogP contribution in [0.3, 0.4) is 0 Å². The van der Waals surface area contributed by atoms with Crippen molar-refractivity contribution in [3.63, 3.8) is 0 Å². The van der Waals surface area contributed by atoms with E-state index in [2.05, 4.69) is 99.6 Å². The molecule has 13 heteroatoms. The predicted octanol–water partition coefficient (Wildman–Crippen LogP) is 7.56. The summed E-state index contributed by atoms with van der Waals surface area (Å²) < 4.78 is 31.7. The Kier molecular flexibility index (Phi) is 13.7. The molecule has 1 aromatic heterocycles. The van der Waals surface area contributed by atoms with E-state index in [-0.39, 0.29) is 6.03 Å². The topological polar surface area (TPSA) is 101 Å². The van der Waals surface area contributed by atoms with Crippen LogP contribution in [-0.2, 0) is 24.4 Å². The number of benzene rings is 4. The van der Waals surface area contributed by atoms with Gasteiger partial charge in [0.05, 0.1) is 12.2 Å². The fourth-order valence-electron chi connectivity index (χ4n) is 5.70. The van der Waals surface area contributed by atoms with Crippen LogP contribution in [0.15, 0.2) is 102 Å². The van der Waals surface area contributed by atoms with E-state index in [0.717, 1.165) is 85.0 Å². The number of aliphatic carboxylic acids is 1. The van der Waals surface area contributed by atoms with Crippen LogP contribution < -0.4 is 10.6 Å². The van der Waals surface area contributed by atoms with Gasteiger partial charge in [-0.05, 0) is 54.0 Å². The summed E-state index contributed by atoms with van der Waals surface area (Å²) in [6.45, 7) is 8.14. The Morgan fingerprint density at radius 2 is 1.50 bits per heavy atom. The molecule has 0 bridgehead atoms. The number of carbonyl (C=O) groups is 2. The molecule has 4 aromatic carbocycles. The highest BCUT2D eigenvalue weighted by Gasteiger charge is 2.38.